The van der Waals surface area contributed by atoms with Gasteiger partial charge in [0.2, 0.25) is 0 Å². The molecule has 0 amide bonds. The minimum absolute atomic E-state index is 0.0829. The van der Waals surface area contributed by atoms with Crippen LogP contribution in [0.3, 0.4) is 0 Å². The van der Waals surface area contributed by atoms with Gasteiger partial charge in [0.25, 0.3) is 0 Å². The van der Waals surface area contributed by atoms with Gasteiger partial charge in [-0.05, 0) is 105 Å². The van der Waals surface area contributed by atoms with Crippen molar-refractivity contribution >= 4 is 5.97 Å². The Balaban J connectivity index is 1.02. The summed E-state index contributed by atoms with van der Waals surface area (Å²) >= 11 is 0. The normalized spacial score (nSPS) is 58.1. The molecule has 5 heterocycles. The van der Waals surface area contributed by atoms with Gasteiger partial charge in [-0.1, -0.05) is 27.7 Å². The molecule has 9 unspecified atom stereocenters. The second-order valence-electron chi connectivity index (χ2n) is 21.7. The third-order valence-electron chi connectivity index (χ3n) is 18.2. The maximum Gasteiger partial charge on any atom is 0.303 e. The molecule has 17 nitrogen and oxygen atoms in total. The Hall–Kier alpha value is -1.13. The standard InChI is InChI=1S/C46H74O17/c1-19-10-13-46(56-17-19)20(2)32-29(63-46)16-28-26-9-8-24-14-25(48)15-31(45(24,7)27(26)11-12-44(28,32)6)60-43-40(62-42-38(54)36(52)34(50)22(4)58-42)39(30(18-55-43)59-23(5)47)61-41-37(53)35(51)33(49)21(3)57-41/h19-22,24-43,48-54H,8-18H2,1-7H3/t19?,20?,21-,22-,24?,25-,26?,27?,28?,29?,30-,31-,32?,33+,34-,35-,36-,37-,38-,39+,40-,41+,42+,43+,44+,45+,46?/m1/s1. The molecule has 4 aliphatic carbocycles. The monoisotopic (exact) mass is 898 g/mol. The number of aliphatic hydroxyl groups excluding tert-OH is 7. The largest absolute Gasteiger partial charge is 0.457 e. The molecular weight excluding hydrogens is 824 g/mol. The molecule has 0 aromatic carbocycles. The average Bonchev–Trinajstić information content (AvgIpc) is 3.69. The van der Waals surface area contributed by atoms with Crippen molar-refractivity contribution in [2.75, 3.05) is 13.2 Å². The summed E-state index contributed by atoms with van der Waals surface area (Å²) in [5.74, 6) is 1.27. The molecule has 4 saturated carbocycles. The molecule has 63 heavy (non-hydrogen) atoms. The fourth-order valence-electron chi connectivity index (χ4n) is 14.7. The van der Waals surface area contributed by atoms with Gasteiger partial charge in [0.1, 0.15) is 48.8 Å². The Morgan fingerprint density at radius 3 is 1.94 bits per heavy atom. The third kappa shape index (κ3) is 7.86. The van der Waals surface area contributed by atoms with Crippen LogP contribution in [0.15, 0.2) is 0 Å². The number of carbonyl (C=O) groups is 1. The van der Waals surface area contributed by atoms with Crippen molar-refractivity contribution in [1.29, 1.82) is 0 Å². The summed E-state index contributed by atoms with van der Waals surface area (Å²) in [5.41, 5.74) is -0.331. The minimum atomic E-state index is -1.74. The zero-order valence-corrected chi connectivity index (χ0v) is 37.8. The van der Waals surface area contributed by atoms with Gasteiger partial charge in [0.15, 0.2) is 30.8 Å². The highest BCUT2D eigenvalue weighted by molar-refractivity contribution is 5.66. The zero-order chi connectivity index (χ0) is 45.1. The van der Waals surface area contributed by atoms with Crippen molar-refractivity contribution in [3.8, 4) is 0 Å². The molecule has 9 rings (SSSR count). The number of hydrogen-bond acceptors (Lipinski definition) is 17. The lowest BCUT2D eigenvalue weighted by Gasteiger charge is -2.63. The quantitative estimate of drug-likeness (QED) is 0.179. The van der Waals surface area contributed by atoms with Crippen LogP contribution in [0, 0.1) is 52.3 Å². The molecule has 5 aliphatic heterocycles. The Morgan fingerprint density at radius 1 is 0.667 bits per heavy atom. The first-order valence-corrected chi connectivity index (χ1v) is 23.9. The van der Waals surface area contributed by atoms with E-state index in [-0.39, 0.29) is 35.9 Å². The van der Waals surface area contributed by atoms with Gasteiger partial charge in [-0.3, -0.25) is 4.79 Å². The second-order valence-corrected chi connectivity index (χ2v) is 21.7. The molecule has 9 aliphatic rings. The predicted octanol–water partition coefficient (Wildman–Crippen LogP) is 1.50. The van der Waals surface area contributed by atoms with E-state index < -0.39 is 115 Å². The number of carbonyl (C=O) groups excluding carboxylic acids is 1. The van der Waals surface area contributed by atoms with Gasteiger partial charge < -0.3 is 78.4 Å². The van der Waals surface area contributed by atoms with E-state index in [0.29, 0.717) is 36.5 Å². The van der Waals surface area contributed by atoms with E-state index in [0.717, 1.165) is 51.6 Å². The molecule has 360 valence electrons. The molecule has 0 radical (unpaired) electrons. The molecule has 9 fully saturated rings. The fourth-order valence-corrected chi connectivity index (χ4v) is 14.7. The van der Waals surface area contributed by atoms with E-state index in [4.69, 9.17) is 42.6 Å². The Morgan fingerprint density at radius 2 is 1.32 bits per heavy atom. The summed E-state index contributed by atoms with van der Waals surface area (Å²) in [6, 6.07) is 0. The van der Waals surface area contributed by atoms with E-state index in [1.807, 2.05) is 0 Å². The number of hydrogen-bond donors (Lipinski definition) is 7. The van der Waals surface area contributed by atoms with Crippen LogP contribution in [0.2, 0.25) is 0 Å². The van der Waals surface area contributed by atoms with E-state index in [1.165, 1.54) is 20.8 Å². The molecule has 5 saturated heterocycles. The van der Waals surface area contributed by atoms with E-state index in [2.05, 4.69) is 27.7 Å². The molecule has 7 N–H and O–H groups in total. The topological polar surface area (TPSA) is 242 Å². The number of fused-ring (bicyclic) bond motifs is 7. The third-order valence-corrected chi connectivity index (χ3v) is 18.2. The van der Waals surface area contributed by atoms with Gasteiger partial charge >= 0.3 is 5.97 Å². The van der Waals surface area contributed by atoms with Crippen molar-refractivity contribution in [3.63, 3.8) is 0 Å². The number of ether oxygens (including phenoxy) is 9. The summed E-state index contributed by atoms with van der Waals surface area (Å²) in [5, 5.41) is 76.3. The van der Waals surface area contributed by atoms with Gasteiger partial charge in [-0.15, -0.1) is 0 Å². The van der Waals surface area contributed by atoms with Gasteiger partial charge in [-0.25, -0.2) is 0 Å². The van der Waals surface area contributed by atoms with Crippen molar-refractivity contribution in [3.05, 3.63) is 0 Å². The highest BCUT2D eigenvalue weighted by Crippen LogP contribution is 2.71. The second kappa shape index (κ2) is 17.4. The summed E-state index contributed by atoms with van der Waals surface area (Å²) in [6.45, 7) is 14.1. The van der Waals surface area contributed by atoms with Crippen molar-refractivity contribution in [2.45, 2.75) is 216 Å². The minimum Gasteiger partial charge on any atom is -0.457 e. The first-order valence-electron chi connectivity index (χ1n) is 23.9. The summed E-state index contributed by atoms with van der Waals surface area (Å²) in [6.07, 6.45) is -13.0. The maximum absolute atomic E-state index is 12.5. The van der Waals surface area contributed by atoms with Gasteiger partial charge in [0, 0.05) is 25.7 Å². The first-order chi connectivity index (χ1) is 29.8. The summed E-state index contributed by atoms with van der Waals surface area (Å²) < 4.78 is 57.5. The summed E-state index contributed by atoms with van der Waals surface area (Å²) in [4.78, 5) is 12.5. The number of rotatable bonds is 7. The zero-order valence-electron chi connectivity index (χ0n) is 37.8. The number of esters is 1. The molecular formula is C46H74O17. The SMILES string of the molecule is CC(=O)O[C@@H]1CO[C@@H](O[C@@H]2C[C@H](O)CC3CCC4C5CC6OC7(CCC(C)CO7)C(C)C6[C@@]5(C)CCC4[C@]32C)[C@H](O[C@@H]2O[C@H](C)[C@@H](O)[C@@H](O)[C@H]2O)[C@H]1O[C@@H]1O[C@H](C)[C@H](O)[C@@H](O)[C@H]1O. The molecule has 0 aromatic heterocycles. The van der Waals surface area contributed by atoms with E-state index in [1.54, 1.807) is 0 Å². The average molecular weight is 899 g/mol. The van der Waals surface area contributed by atoms with Crippen LogP contribution in [0.5, 0.6) is 0 Å². The maximum atomic E-state index is 12.5. The van der Waals surface area contributed by atoms with Crippen LogP contribution in [-0.4, -0.2) is 165 Å². The van der Waals surface area contributed by atoms with Crippen molar-refractivity contribution in [1.82, 2.24) is 0 Å². The molecule has 27 atom stereocenters. The molecule has 1 spiro atoms. The summed E-state index contributed by atoms with van der Waals surface area (Å²) in [7, 11) is 0. The Bertz CT molecular complexity index is 1630. The van der Waals surface area contributed by atoms with E-state index in [9.17, 15) is 40.5 Å². The van der Waals surface area contributed by atoms with Crippen LogP contribution in [-0.2, 0) is 47.4 Å². The van der Waals surface area contributed by atoms with Crippen LogP contribution >= 0.6 is 0 Å². The lowest BCUT2D eigenvalue weighted by Crippen LogP contribution is -2.66. The lowest BCUT2D eigenvalue weighted by atomic mass is 9.43. The Kier molecular flexibility index (Phi) is 13.0. The molecule has 0 bridgehead atoms. The Labute approximate surface area is 370 Å². The molecule has 0 aromatic rings. The fraction of sp³-hybridized carbons (Fsp3) is 0.978. The van der Waals surface area contributed by atoms with Crippen LogP contribution in [0.25, 0.3) is 0 Å². The lowest BCUT2D eigenvalue weighted by molar-refractivity contribution is -0.388. The van der Waals surface area contributed by atoms with Crippen molar-refractivity contribution in [2.24, 2.45) is 52.3 Å². The highest BCUT2D eigenvalue weighted by Gasteiger charge is 2.70. The molecule has 17 heteroatoms. The first kappa shape index (κ1) is 47.0. The smallest absolute Gasteiger partial charge is 0.303 e. The van der Waals surface area contributed by atoms with Crippen molar-refractivity contribution < 1.29 is 83.2 Å². The van der Waals surface area contributed by atoms with Crippen LogP contribution < -0.4 is 0 Å². The van der Waals surface area contributed by atoms with Crippen LogP contribution in [0.4, 0.5) is 0 Å². The number of aliphatic hydroxyl groups is 7. The highest BCUT2D eigenvalue weighted by atomic mass is 16.8. The van der Waals surface area contributed by atoms with Gasteiger partial charge in [-0.2, -0.15) is 0 Å². The predicted molar refractivity (Wildman–Crippen MR) is 218 cm³/mol. The van der Waals surface area contributed by atoms with Crippen LogP contribution in [0.1, 0.15) is 106 Å². The van der Waals surface area contributed by atoms with E-state index >= 15 is 0 Å². The van der Waals surface area contributed by atoms with Gasteiger partial charge in [0.05, 0.1) is 43.7 Å².